The normalized spacial score (nSPS) is 10.5. The summed E-state index contributed by atoms with van der Waals surface area (Å²) in [5, 5.41) is 14.8. The molecule has 0 saturated carbocycles. The Balaban J connectivity index is 2.40. The Labute approximate surface area is 157 Å². The molecule has 0 bridgehead atoms. The van der Waals surface area contributed by atoms with Gasteiger partial charge in [-0.3, -0.25) is 10.1 Å². The number of aromatic nitrogens is 2. The van der Waals surface area contributed by atoms with Gasteiger partial charge in [-0.15, -0.1) is 0 Å². The van der Waals surface area contributed by atoms with Gasteiger partial charge in [-0.2, -0.15) is 0 Å². The first-order chi connectivity index (χ1) is 13.1. The highest BCUT2D eigenvalue weighted by atomic mass is 16.6. The highest BCUT2D eigenvalue weighted by Crippen LogP contribution is 2.34. The van der Waals surface area contributed by atoms with Crippen LogP contribution in [0.2, 0.25) is 0 Å². The molecular weight excluding hydrogens is 354 g/mol. The lowest BCUT2D eigenvalue weighted by Gasteiger charge is -2.23. The van der Waals surface area contributed by atoms with Crippen LogP contribution < -0.4 is 15.0 Å². The Morgan fingerprint density at radius 1 is 1.15 bits per heavy atom. The molecule has 10 nitrogen and oxygen atoms in total. The number of benzene rings is 1. The number of rotatable bonds is 11. The van der Waals surface area contributed by atoms with E-state index in [0.29, 0.717) is 37.7 Å². The van der Waals surface area contributed by atoms with E-state index < -0.39 is 4.92 Å². The van der Waals surface area contributed by atoms with E-state index in [-0.39, 0.29) is 17.3 Å². The van der Waals surface area contributed by atoms with Crippen molar-refractivity contribution in [1.29, 1.82) is 0 Å². The fraction of sp³-hybridized carbons (Fsp3) is 0.412. The summed E-state index contributed by atoms with van der Waals surface area (Å²) in [6, 6.07) is 7.04. The standard InChI is InChI=1S/C17H23N5O5/c1-25-9-7-21(8-10-26-2)17-15(22(23)24)16(18-12-19-17)20-13-5-4-6-14(11-13)27-3/h4-6,11-12H,7-10H2,1-3H3,(H,18,19,20). The molecule has 0 unspecified atom stereocenters. The van der Waals surface area contributed by atoms with Crippen LogP contribution in [0.5, 0.6) is 5.75 Å². The van der Waals surface area contributed by atoms with Crippen LogP contribution in [0.3, 0.4) is 0 Å². The number of nitrogens with one attached hydrogen (secondary N) is 1. The van der Waals surface area contributed by atoms with Gasteiger partial charge in [-0.1, -0.05) is 6.07 Å². The summed E-state index contributed by atoms with van der Waals surface area (Å²) in [4.78, 5) is 21.2. The quantitative estimate of drug-likeness (QED) is 0.465. The maximum absolute atomic E-state index is 11.8. The molecule has 0 aliphatic rings. The molecule has 1 aromatic carbocycles. The first-order valence-corrected chi connectivity index (χ1v) is 8.24. The van der Waals surface area contributed by atoms with E-state index in [9.17, 15) is 10.1 Å². The van der Waals surface area contributed by atoms with E-state index >= 15 is 0 Å². The second-order valence-corrected chi connectivity index (χ2v) is 5.48. The molecule has 2 aromatic rings. The van der Waals surface area contributed by atoms with Crippen molar-refractivity contribution in [2.45, 2.75) is 0 Å². The first-order valence-electron chi connectivity index (χ1n) is 8.24. The van der Waals surface area contributed by atoms with Crippen molar-refractivity contribution in [3.05, 3.63) is 40.7 Å². The molecule has 10 heteroatoms. The van der Waals surface area contributed by atoms with E-state index in [4.69, 9.17) is 14.2 Å². The number of anilines is 3. The molecule has 2 rings (SSSR count). The van der Waals surface area contributed by atoms with Crippen LogP contribution in [0.4, 0.5) is 23.0 Å². The van der Waals surface area contributed by atoms with Gasteiger partial charge in [0, 0.05) is 39.1 Å². The van der Waals surface area contributed by atoms with Gasteiger partial charge in [0.2, 0.25) is 11.6 Å². The molecule has 1 N–H and O–H groups in total. The molecule has 0 atom stereocenters. The number of ether oxygens (including phenoxy) is 3. The maximum Gasteiger partial charge on any atom is 0.353 e. The Kier molecular flexibility index (Phi) is 7.71. The van der Waals surface area contributed by atoms with Crippen molar-refractivity contribution < 1.29 is 19.1 Å². The topological polar surface area (TPSA) is 112 Å². The number of methoxy groups -OCH3 is 3. The van der Waals surface area contributed by atoms with E-state index in [1.165, 1.54) is 6.33 Å². The van der Waals surface area contributed by atoms with Gasteiger partial charge in [0.15, 0.2) is 0 Å². The summed E-state index contributed by atoms with van der Waals surface area (Å²) in [5.74, 6) is 0.923. The van der Waals surface area contributed by atoms with Crippen LogP contribution in [-0.4, -0.2) is 62.5 Å². The first kappa shape index (κ1) is 20.3. The van der Waals surface area contributed by atoms with Gasteiger partial charge in [0.05, 0.1) is 25.2 Å². The van der Waals surface area contributed by atoms with Crippen LogP contribution in [-0.2, 0) is 9.47 Å². The van der Waals surface area contributed by atoms with Crippen molar-refractivity contribution in [2.24, 2.45) is 0 Å². The Morgan fingerprint density at radius 2 is 1.85 bits per heavy atom. The molecule has 0 aliphatic carbocycles. The van der Waals surface area contributed by atoms with Crippen molar-refractivity contribution >= 4 is 23.0 Å². The highest BCUT2D eigenvalue weighted by Gasteiger charge is 2.27. The highest BCUT2D eigenvalue weighted by molar-refractivity contribution is 5.74. The molecule has 0 radical (unpaired) electrons. The summed E-state index contributed by atoms with van der Waals surface area (Å²) >= 11 is 0. The van der Waals surface area contributed by atoms with E-state index in [0.717, 1.165) is 0 Å². The van der Waals surface area contributed by atoms with Gasteiger partial charge in [-0.05, 0) is 12.1 Å². The fourth-order valence-corrected chi connectivity index (χ4v) is 2.42. The average molecular weight is 377 g/mol. The lowest BCUT2D eigenvalue weighted by Crippen LogP contribution is -2.32. The van der Waals surface area contributed by atoms with Gasteiger partial charge in [-0.25, -0.2) is 9.97 Å². The third-order valence-corrected chi connectivity index (χ3v) is 3.75. The average Bonchev–Trinajstić information content (AvgIpc) is 2.68. The van der Waals surface area contributed by atoms with Crippen LogP contribution in [0, 0.1) is 10.1 Å². The number of hydrogen-bond acceptors (Lipinski definition) is 9. The Morgan fingerprint density at radius 3 is 2.44 bits per heavy atom. The van der Waals surface area contributed by atoms with E-state index in [2.05, 4.69) is 15.3 Å². The minimum Gasteiger partial charge on any atom is -0.497 e. The largest absolute Gasteiger partial charge is 0.497 e. The third kappa shape index (κ3) is 5.50. The van der Waals surface area contributed by atoms with Gasteiger partial charge >= 0.3 is 5.69 Å². The lowest BCUT2D eigenvalue weighted by atomic mass is 10.3. The molecular formula is C17H23N5O5. The van der Waals surface area contributed by atoms with Crippen LogP contribution in [0.25, 0.3) is 0 Å². The minimum absolute atomic E-state index is 0.0955. The van der Waals surface area contributed by atoms with Crippen molar-refractivity contribution in [1.82, 2.24) is 9.97 Å². The maximum atomic E-state index is 11.8. The summed E-state index contributed by atoms with van der Waals surface area (Å²) in [6.45, 7) is 1.64. The molecule has 0 aliphatic heterocycles. The number of nitrogens with zero attached hydrogens (tertiary/aromatic N) is 4. The van der Waals surface area contributed by atoms with Crippen LogP contribution in [0.15, 0.2) is 30.6 Å². The van der Waals surface area contributed by atoms with Gasteiger partial charge < -0.3 is 24.4 Å². The zero-order valence-electron chi connectivity index (χ0n) is 15.5. The van der Waals surface area contributed by atoms with Crippen LogP contribution in [0.1, 0.15) is 0 Å². The van der Waals surface area contributed by atoms with Crippen LogP contribution >= 0.6 is 0 Å². The predicted octanol–water partition coefficient (Wildman–Crippen LogP) is 2.24. The van der Waals surface area contributed by atoms with E-state index in [1.54, 1.807) is 50.5 Å². The monoisotopic (exact) mass is 377 g/mol. The molecule has 1 heterocycles. The molecule has 1 aromatic heterocycles. The Bertz CT molecular complexity index is 750. The van der Waals surface area contributed by atoms with Gasteiger partial charge in [0.25, 0.3) is 0 Å². The summed E-state index contributed by atoms with van der Waals surface area (Å²) < 4.78 is 15.4. The number of nitro groups is 1. The molecule has 0 fully saturated rings. The summed E-state index contributed by atoms with van der Waals surface area (Å²) in [6.07, 6.45) is 1.29. The van der Waals surface area contributed by atoms with Crippen molar-refractivity contribution in [2.75, 3.05) is 57.8 Å². The lowest BCUT2D eigenvalue weighted by molar-refractivity contribution is -0.383. The summed E-state index contributed by atoms with van der Waals surface area (Å²) in [5.41, 5.74) is 0.398. The predicted molar refractivity (Wildman–Crippen MR) is 101 cm³/mol. The molecule has 0 saturated heterocycles. The fourth-order valence-electron chi connectivity index (χ4n) is 2.42. The third-order valence-electron chi connectivity index (χ3n) is 3.75. The molecule has 0 amide bonds. The second kappa shape index (κ2) is 10.2. The van der Waals surface area contributed by atoms with Crippen molar-refractivity contribution in [3.8, 4) is 5.75 Å². The van der Waals surface area contributed by atoms with E-state index in [1.807, 2.05) is 0 Å². The Hall–Kier alpha value is -2.98. The smallest absolute Gasteiger partial charge is 0.353 e. The number of hydrogen-bond donors (Lipinski definition) is 1. The SMILES string of the molecule is COCCN(CCOC)c1ncnc(Nc2cccc(OC)c2)c1[N+](=O)[O-]. The molecule has 27 heavy (non-hydrogen) atoms. The molecule has 0 spiro atoms. The zero-order valence-corrected chi connectivity index (χ0v) is 15.5. The zero-order chi connectivity index (χ0) is 19.6. The summed E-state index contributed by atoms with van der Waals surface area (Å²) in [7, 11) is 4.69. The molecule has 146 valence electrons. The second-order valence-electron chi connectivity index (χ2n) is 5.48. The van der Waals surface area contributed by atoms with Crippen molar-refractivity contribution in [3.63, 3.8) is 0 Å². The van der Waals surface area contributed by atoms with Gasteiger partial charge in [0.1, 0.15) is 12.1 Å². The minimum atomic E-state index is -0.496.